The number of nitrogens with two attached hydrogens (primary N) is 1. The SMILES string of the molecule is Cc1sc(C(=O)NCCS(C)(=O)=O)cc1S(N)(=O)=O. The van der Waals surface area contributed by atoms with E-state index < -0.39 is 25.8 Å². The molecule has 0 unspecified atom stereocenters. The van der Waals surface area contributed by atoms with Crippen LogP contribution in [-0.2, 0) is 19.9 Å². The molecule has 19 heavy (non-hydrogen) atoms. The lowest BCUT2D eigenvalue weighted by atomic mass is 10.4. The molecule has 0 fully saturated rings. The van der Waals surface area contributed by atoms with Crippen molar-refractivity contribution < 1.29 is 21.6 Å². The van der Waals surface area contributed by atoms with Crippen LogP contribution in [0.4, 0.5) is 0 Å². The molecule has 0 atom stereocenters. The fourth-order valence-electron chi connectivity index (χ4n) is 1.30. The highest BCUT2D eigenvalue weighted by Crippen LogP contribution is 2.24. The molecule has 0 bridgehead atoms. The van der Waals surface area contributed by atoms with Gasteiger partial charge in [-0.05, 0) is 13.0 Å². The number of carbonyl (C=O) groups is 1. The number of carbonyl (C=O) groups excluding carboxylic acids is 1. The van der Waals surface area contributed by atoms with Crippen molar-refractivity contribution in [2.24, 2.45) is 5.14 Å². The Hall–Kier alpha value is -0.970. The zero-order chi connectivity index (χ0) is 14.8. The standard InChI is InChI=1S/C9H14N2O5S3/c1-6-8(19(10,15)16)5-7(17-6)9(12)11-3-4-18(2,13)14/h5H,3-4H2,1-2H3,(H,11,12)(H2,10,15,16). The highest BCUT2D eigenvalue weighted by Gasteiger charge is 2.19. The summed E-state index contributed by atoms with van der Waals surface area (Å²) in [6.45, 7) is 1.51. The Morgan fingerprint density at radius 1 is 1.37 bits per heavy atom. The molecule has 0 aliphatic carbocycles. The van der Waals surface area contributed by atoms with Crippen molar-refractivity contribution in [1.29, 1.82) is 0 Å². The Bertz CT molecular complexity index is 687. The van der Waals surface area contributed by atoms with Crippen LogP contribution >= 0.6 is 11.3 Å². The summed E-state index contributed by atoms with van der Waals surface area (Å²) in [5.74, 6) is -0.697. The second-order valence-electron chi connectivity index (χ2n) is 3.96. The maximum Gasteiger partial charge on any atom is 0.261 e. The number of sulfonamides is 1. The molecule has 1 rings (SSSR count). The number of nitrogens with one attached hydrogen (secondary N) is 1. The molecule has 7 nitrogen and oxygen atoms in total. The molecule has 108 valence electrons. The topological polar surface area (TPSA) is 123 Å². The van der Waals surface area contributed by atoms with Gasteiger partial charge in [0.25, 0.3) is 5.91 Å². The molecule has 0 aliphatic rings. The van der Waals surface area contributed by atoms with Crippen LogP contribution in [-0.4, -0.2) is 41.3 Å². The normalized spacial score (nSPS) is 12.4. The van der Waals surface area contributed by atoms with Crippen LogP contribution in [0.5, 0.6) is 0 Å². The van der Waals surface area contributed by atoms with Gasteiger partial charge in [-0.1, -0.05) is 0 Å². The van der Waals surface area contributed by atoms with Crippen LogP contribution in [0.1, 0.15) is 14.5 Å². The molecule has 0 aromatic carbocycles. The van der Waals surface area contributed by atoms with Gasteiger partial charge < -0.3 is 5.32 Å². The van der Waals surface area contributed by atoms with E-state index in [4.69, 9.17) is 5.14 Å². The van der Waals surface area contributed by atoms with E-state index in [0.29, 0.717) is 4.88 Å². The predicted molar refractivity (Wildman–Crippen MR) is 72.5 cm³/mol. The first-order valence-corrected chi connectivity index (χ1v) is 9.52. The Morgan fingerprint density at radius 2 is 1.95 bits per heavy atom. The number of aryl methyl sites for hydroxylation is 1. The summed E-state index contributed by atoms with van der Waals surface area (Å²) >= 11 is 0.987. The lowest BCUT2D eigenvalue weighted by Gasteiger charge is -2.01. The maximum atomic E-state index is 11.7. The van der Waals surface area contributed by atoms with Crippen LogP contribution < -0.4 is 10.5 Å². The zero-order valence-corrected chi connectivity index (χ0v) is 12.8. The molecule has 0 radical (unpaired) electrons. The lowest BCUT2D eigenvalue weighted by molar-refractivity contribution is 0.0960. The van der Waals surface area contributed by atoms with Crippen molar-refractivity contribution in [2.45, 2.75) is 11.8 Å². The Morgan fingerprint density at radius 3 is 2.37 bits per heavy atom. The van der Waals surface area contributed by atoms with Gasteiger partial charge in [0.1, 0.15) is 9.84 Å². The highest BCUT2D eigenvalue weighted by molar-refractivity contribution is 7.90. The van der Waals surface area contributed by atoms with Gasteiger partial charge in [0.2, 0.25) is 10.0 Å². The first kappa shape index (κ1) is 16.1. The maximum absolute atomic E-state index is 11.7. The summed E-state index contributed by atoms with van der Waals surface area (Å²) in [6, 6.07) is 1.19. The molecule has 0 aliphatic heterocycles. The number of rotatable bonds is 5. The fraction of sp³-hybridized carbons (Fsp3) is 0.444. The van der Waals surface area contributed by atoms with Gasteiger partial charge in [-0.2, -0.15) is 0 Å². The number of thiophene rings is 1. The Labute approximate surface area is 115 Å². The smallest absolute Gasteiger partial charge is 0.261 e. The third-order valence-corrected chi connectivity index (χ3v) is 5.32. The molecule has 3 N–H and O–H groups in total. The summed E-state index contributed by atoms with van der Waals surface area (Å²) in [6.07, 6.45) is 1.06. The van der Waals surface area contributed by atoms with Crippen molar-refractivity contribution in [1.82, 2.24) is 5.32 Å². The number of hydrogen-bond donors (Lipinski definition) is 2. The molecule has 1 aromatic heterocycles. The van der Waals surface area contributed by atoms with Crippen LogP contribution in [0.2, 0.25) is 0 Å². The highest BCUT2D eigenvalue weighted by atomic mass is 32.2. The lowest BCUT2D eigenvalue weighted by Crippen LogP contribution is -2.28. The number of hydrogen-bond acceptors (Lipinski definition) is 6. The van der Waals surface area contributed by atoms with Crippen molar-refractivity contribution >= 4 is 37.1 Å². The summed E-state index contributed by atoms with van der Waals surface area (Å²) in [5.41, 5.74) is 0. The average molecular weight is 326 g/mol. The van der Waals surface area contributed by atoms with E-state index in [-0.39, 0.29) is 22.1 Å². The van der Waals surface area contributed by atoms with E-state index in [2.05, 4.69) is 5.32 Å². The summed E-state index contributed by atoms with van der Waals surface area (Å²) in [4.78, 5) is 12.2. The van der Waals surface area contributed by atoms with Crippen molar-refractivity contribution in [2.75, 3.05) is 18.6 Å². The molecule has 0 saturated heterocycles. The summed E-state index contributed by atoms with van der Waals surface area (Å²) in [7, 11) is -7.01. The number of amides is 1. The molecule has 1 aromatic rings. The van der Waals surface area contributed by atoms with E-state index in [9.17, 15) is 21.6 Å². The van der Waals surface area contributed by atoms with Crippen LogP contribution in [0.15, 0.2) is 11.0 Å². The van der Waals surface area contributed by atoms with Gasteiger partial charge in [0.15, 0.2) is 0 Å². The second-order valence-corrected chi connectivity index (χ2v) is 9.01. The Balaban J connectivity index is 2.80. The van der Waals surface area contributed by atoms with Crippen molar-refractivity contribution in [3.63, 3.8) is 0 Å². The Kier molecular flexibility index (Phi) is 4.72. The summed E-state index contributed by atoms with van der Waals surface area (Å²) < 4.78 is 44.2. The minimum Gasteiger partial charge on any atom is -0.350 e. The quantitative estimate of drug-likeness (QED) is 0.753. The minimum absolute atomic E-state index is 0.0284. The minimum atomic E-state index is -3.86. The van der Waals surface area contributed by atoms with Crippen molar-refractivity contribution in [3.8, 4) is 0 Å². The zero-order valence-electron chi connectivity index (χ0n) is 10.3. The monoisotopic (exact) mass is 326 g/mol. The average Bonchev–Trinajstić information content (AvgIpc) is 2.57. The third kappa shape index (κ3) is 4.90. The molecule has 0 spiro atoms. The van der Waals surface area contributed by atoms with E-state index >= 15 is 0 Å². The van der Waals surface area contributed by atoms with E-state index in [0.717, 1.165) is 17.6 Å². The second kappa shape index (κ2) is 5.57. The third-order valence-electron chi connectivity index (χ3n) is 2.16. The van der Waals surface area contributed by atoms with Crippen LogP contribution in [0, 0.1) is 6.92 Å². The van der Waals surface area contributed by atoms with Gasteiger partial charge >= 0.3 is 0 Å². The first-order chi connectivity index (χ1) is 8.50. The predicted octanol–water partition coefficient (Wildman–Crippen LogP) is -0.522. The number of primary sulfonamides is 1. The number of sulfone groups is 1. The molecular formula is C9H14N2O5S3. The molecule has 0 saturated carbocycles. The molecule has 10 heteroatoms. The van der Waals surface area contributed by atoms with Crippen LogP contribution in [0.3, 0.4) is 0 Å². The molecular weight excluding hydrogens is 312 g/mol. The van der Waals surface area contributed by atoms with E-state index in [1.165, 1.54) is 13.0 Å². The van der Waals surface area contributed by atoms with Gasteiger partial charge in [-0.3, -0.25) is 4.79 Å². The largest absolute Gasteiger partial charge is 0.350 e. The first-order valence-electron chi connectivity index (χ1n) is 5.10. The van der Waals surface area contributed by atoms with E-state index in [1.807, 2.05) is 0 Å². The molecule has 1 heterocycles. The fourth-order valence-corrected chi connectivity index (χ4v) is 3.83. The van der Waals surface area contributed by atoms with Gasteiger partial charge in [-0.25, -0.2) is 22.0 Å². The van der Waals surface area contributed by atoms with Gasteiger partial charge in [0.05, 0.1) is 15.5 Å². The van der Waals surface area contributed by atoms with Crippen molar-refractivity contribution in [3.05, 3.63) is 15.8 Å². The molecule has 1 amide bonds. The van der Waals surface area contributed by atoms with Crippen LogP contribution in [0.25, 0.3) is 0 Å². The summed E-state index contributed by atoms with van der Waals surface area (Å²) in [5, 5.41) is 7.40. The van der Waals surface area contributed by atoms with Gasteiger partial charge in [-0.15, -0.1) is 11.3 Å². The van der Waals surface area contributed by atoms with E-state index in [1.54, 1.807) is 0 Å². The van der Waals surface area contributed by atoms with Gasteiger partial charge in [0, 0.05) is 17.7 Å².